The average molecular weight is 484 g/mol. The van der Waals surface area contributed by atoms with Crippen LogP contribution in [-0.4, -0.2) is 32.4 Å². The largest absolute Gasteiger partial charge is 0.324 e. The summed E-state index contributed by atoms with van der Waals surface area (Å²) in [6.45, 7) is 5.40. The van der Waals surface area contributed by atoms with Gasteiger partial charge < -0.3 is 4.90 Å². The first-order valence-corrected chi connectivity index (χ1v) is 12.6. The normalized spacial score (nSPS) is 14.5. The number of rotatable bonds is 6. The molecule has 3 aromatic carbocycles. The third-order valence-electron chi connectivity index (χ3n) is 5.62. The molecule has 172 valence electrons. The van der Waals surface area contributed by atoms with Crippen LogP contribution in [0.4, 0.5) is 16.2 Å². The number of hydrogen-bond donors (Lipinski definition) is 1. The summed E-state index contributed by atoms with van der Waals surface area (Å²) >= 11 is 5.98. The van der Waals surface area contributed by atoms with Crippen molar-refractivity contribution >= 4 is 39.0 Å². The lowest BCUT2D eigenvalue weighted by Crippen LogP contribution is -2.49. The van der Waals surface area contributed by atoms with E-state index < -0.39 is 10.0 Å². The second-order valence-corrected chi connectivity index (χ2v) is 10.4. The van der Waals surface area contributed by atoms with E-state index in [0.717, 1.165) is 23.1 Å². The Bertz CT molecular complexity index is 1260. The maximum Gasteiger partial charge on any atom is 0.324 e. The first-order chi connectivity index (χ1) is 15.7. The van der Waals surface area contributed by atoms with E-state index in [-0.39, 0.29) is 10.9 Å². The fourth-order valence-electron chi connectivity index (χ4n) is 3.85. The molecule has 0 atom stereocenters. The molecule has 0 aromatic heterocycles. The van der Waals surface area contributed by atoms with Crippen molar-refractivity contribution < 1.29 is 13.2 Å². The predicted octanol–water partition coefficient (Wildman–Crippen LogP) is 5.59. The quantitative estimate of drug-likeness (QED) is 0.496. The zero-order chi connectivity index (χ0) is 23.6. The van der Waals surface area contributed by atoms with Crippen LogP contribution in [0.1, 0.15) is 23.1 Å². The van der Waals surface area contributed by atoms with Crippen molar-refractivity contribution in [3.63, 3.8) is 0 Å². The highest BCUT2D eigenvalue weighted by molar-refractivity contribution is 7.92. The Morgan fingerprint density at radius 1 is 0.909 bits per heavy atom. The van der Waals surface area contributed by atoms with Crippen LogP contribution in [0.3, 0.4) is 0 Å². The topological polar surface area (TPSA) is 69.7 Å². The number of urea groups is 1. The van der Waals surface area contributed by atoms with Gasteiger partial charge >= 0.3 is 6.03 Å². The van der Waals surface area contributed by atoms with E-state index in [4.69, 9.17) is 11.6 Å². The maximum atomic E-state index is 13.4. The Labute approximate surface area is 199 Å². The van der Waals surface area contributed by atoms with Crippen molar-refractivity contribution in [2.24, 2.45) is 0 Å². The zero-order valence-corrected chi connectivity index (χ0v) is 20.2. The highest BCUT2D eigenvalue weighted by atomic mass is 35.5. The minimum Gasteiger partial charge on any atom is -0.320 e. The molecule has 0 bridgehead atoms. The van der Waals surface area contributed by atoms with Crippen molar-refractivity contribution in [2.75, 3.05) is 22.7 Å². The summed E-state index contributed by atoms with van der Waals surface area (Å²) in [6, 6.07) is 19.4. The van der Waals surface area contributed by atoms with Crippen LogP contribution in [0.5, 0.6) is 0 Å². The minimum absolute atomic E-state index is 0.157. The molecule has 1 N–H and O–H groups in total. The van der Waals surface area contributed by atoms with E-state index in [2.05, 4.69) is 4.72 Å². The lowest BCUT2D eigenvalue weighted by atomic mass is 10.1. The van der Waals surface area contributed by atoms with Gasteiger partial charge in [0, 0.05) is 24.7 Å². The van der Waals surface area contributed by atoms with Crippen LogP contribution in [-0.2, 0) is 16.6 Å². The Morgan fingerprint density at radius 3 is 2.27 bits per heavy atom. The number of halogens is 1. The molecule has 8 heteroatoms. The molecule has 2 amide bonds. The van der Waals surface area contributed by atoms with Crippen LogP contribution < -0.4 is 9.62 Å². The van der Waals surface area contributed by atoms with Crippen LogP contribution >= 0.6 is 11.6 Å². The summed E-state index contributed by atoms with van der Waals surface area (Å²) in [5.74, 6) is 0. The molecule has 1 heterocycles. The van der Waals surface area contributed by atoms with E-state index in [9.17, 15) is 13.2 Å². The number of sulfonamides is 1. The number of nitrogens with zero attached hydrogens (tertiary/aromatic N) is 2. The van der Waals surface area contributed by atoms with Gasteiger partial charge in [0.25, 0.3) is 10.0 Å². The Hall–Kier alpha value is -3.03. The molecule has 1 aliphatic heterocycles. The number of nitrogens with one attached hydrogen (secondary N) is 1. The van der Waals surface area contributed by atoms with Crippen molar-refractivity contribution in [1.29, 1.82) is 0 Å². The van der Waals surface area contributed by atoms with Gasteiger partial charge in [0.2, 0.25) is 0 Å². The third-order valence-corrected chi connectivity index (χ3v) is 7.25. The molecule has 6 nitrogen and oxygen atoms in total. The first kappa shape index (κ1) is 23.1. The number of anilines is 2. The molecule has 1 aliphatic rings. The summed E-state index contributed by atoms with van der Waals surface area (Å²) in [5.41, 5.74) is 3.78. The Balaban J connectivity index is 1.61. The Kier molecular flexibility index (Phi) is 6.63. The van der Waals surface area contributed by atoms with Crippen molar-refractivity contribution in [3.05, 3.63) is 88.4 Å². The van der Waals surface area contributed by atoms with Crippen LogP contribution in [0.25, 0.3) is 0 Å². The molecule has 1 saturated heterocycles. The molecule has 0 radical (unpaired) electrons. The number of amides is 2. The molecular formula is C25H26ClN3O3S. The van der Waals surface area contributed by atoms with Gasteiger partial charge in [-0.25, -0.2) is 13.2 Å². The van der Waals surface area contributed by atoms with E-state index in [1.807, 2.05) is 32.0 Å². The molecule has 0 unspecified atom stereocenters. The maximum absolute atomic E-state index is 13.4. The second-order valence-electron chi connectivity index (χ2n) is 8.27. The van der Waals surface area contributed by atoms with Crippen molar-refractivity contribution in [2.45, 2.75) is 31.7 Å². The predicted molar refractivity (Wildman–Crippen MR) is 132 cm³/mol. The van der Waals surface area contributed by atoms with Crippen molar-refractivity contribution in [1.82, 2.24) is 4.90 Å². The fourth-order valence-corrected chi connectivity index (χ4v) is 5.04. The van der Waals surface area contributed by atoms with Gasteiger partial charge in [-0.1, -0.05) is 47.5 Å². The molecule has 0 aliphatic carbocycles. The SMILES string of the molecule is Cc1ccc(S(=O)(=O)Nc2cc(C)ccc2N2CCCN(Cc3ccc(Cl)cc3)C2=O)cc1. The highest BCUT2D eigenvalue weighted by Gasteiger charge is 2.29. The summed E-state index contributed by atoms with van der Waals surface area (Å²) in [4.78, 5) is 16.9. The lowest BCUT2D eigenvalue weighted by molar-refractivity contribution is 0.192. The summed E-state index contributed by atoms with van der Waals surface area (Å²) in [5, 5.41) is 0.649. The second kappa shape index (κ2) is 9.45. The lowest BCUT2D eigenvalue weighted by Gasteiger charge is -2.36. The van der Waals surface area contributed by atoms with Crippen LogP contribution in [0.15, 0.2) is 71.6 Å². The highest BCUT2D eigenvalue weighted by Crippen LogP contribution is 2.32. The molecular weight excluding hydrogens is 458 g/mol. The summed E-state index contributed by atoms with van der Waals surface area (Å²) < 4.78 is 28.8. The van der Waals surface area contributed by atoms with Gasteiger partial charge in [-0.2, -0.15) is 0 Å². The molecule has 4 rings (SSSR count). The standard InChI is InChI=1S/C25H26ClN3O3S/c1-18-4-11-22(12-5-18)33(31,32)27-23-16-19(2)6-13-24(23)29-15-3-14-28(25(29)30)17-20-7-9-21(26)10-8-20/h4-13,16,27H,3,14-15,17H2,1-2H3. The summed E-state index contributed by atoms with van der Waals surface area (Å²) in [6.07, 6.45) is 0.775. The smallest absolute Gasteiger partial charge is 0.320 e. The van der Waals surface area contributed by atoms with Gasteiger partial charge in [0.1, 0.15) is 0 Å². The number of hydrogen-bond acceptors (Lipinski definition) is 3. The van der Waals surface area contributed by atoms with E-state index in [0.29, 0.717) is 36.0 Å². The zero-order valence-electron chi connectivity index (χ0n) is 18.6. The monoisotopic (exact) mass is 483 g/mol. The van der Waals surface area contributed by atoms with E-state index in [1.54, 1.807) is 58.3 Å². The molecule has 1 fully saturated rings. The molecule has 33 heavy (non-hydrogen) atoms. The Morgan fingerprint density at radius 2 is 1.58 bits per heavy atom. The average Bonchev–Trinajstić information content (AvgIpc) is 2.77. The van der Waals surface area contributed by atoms with Gasteiger partial charge in [-0.05, 0) is 67.8 Å². The van der Waals surface area contributed by atoms with Gasteiger partial charge in [0.15, 0.2) is 0 Å². The van der Waals surface area contributed by atoms with E-state index in [1.165, 1.54) is 0 Å². The van der Waals surface area contributed by atoms with Crippen molar-refractivity contribution in [3.8, 4) is 0 Å². The van der Waals surface area contributed by atoms with Gasteiger partial charge in [-0.3, -0.25) is 9.62 Å². The van der Waals surface area contributed by atoms with Crippen LogP contribution in [0, 0.1) is 13.8 Å². The summed E-state index contributed by atoms with van der Waals surface area (Å²) in [7, 11) is -3.81. The minimum atomic E-state index is -3.81. The molecule has 3 aromatic rings. The van der Waals surface area contributed by atoms with Gasteiger partial charge in [0.05, 0.1) is 16.3 Å². The molecule has 0 spiro atoms. The van der Waals surface area contributed by atoms with E-state index >= 15 is 0 Å². The van der Waals surface area contributed by atoms with Crippen LogP contribution in [0.2, 0.25) is 5.02 Å². The molecule has 0 saturated carbocycles. The number of aryl methyl sites for hydroxylation is 2. The number of carbonyl (C=O) groups excluding carboxylic acids is 1. The number of benzene rings is 3. The fraction of sp³-hybridized carbons (Fsp3) is 0.240. The number of carbonyl (C=O) groups is 1. The van der Waals surface area contributed by atoms with Gasteiger partial charge in [-0.15, -0.1) is 0 Å². The first-order valence-electron chi connectivity index (χ1n) is 10.7. The third kappa shape index (κ3) is 5.31.